The molecule has 1 unspecified atom stereocenters. The first-order valence-corrected chi connectivity index (χ1v) is 14.7. The van der Waals surface area contributed by atoms with Gasteiger partial charge in [0.1, 0.15) is 22.7 Å². The van der Waals surface area contributed by atoms with E-state index in [-0.39, 0.29) is 45.5 Å². The first kappa shape index (κ1) is 31.8. The van der Waals surface area contributed by atoms with Crippen LogP contribution in [0.25, 0.3) is 21.7 Å². The Balaban J connectivity index is 1.92. The van der Waals surface area contributed by atoms with Gasteiger partial charge in [-0.3, -0.25) is 18.6 Å². The second kappa shape index (κ2) is 11.8. The standard InChI is InChI=1S/C27H29ClFN7O6S/c1-16-5-8-18(9-6-16)43(39,40)41-15-27(13-32-34-31)14-35(25(38)42-26(2,3)4)12-21-22(24(30)37)23(33-36(21)27)17-7-10-20(29)19(28)11-17/h5-11H,12-15H2,1-4H3,(H2,30,37). The summed E-state index contributed by atoms with van der Waals surface area (Å²) in [6.07, 6.45) is -0.798. The number of carbonyl (C=O) groups excluding carboxylic acids is 2. The summed E-state index contributed by atoms with van der Waals surface area (Å²) in [5, 5.41) is 8.00. The van der Waals surface area contributed by atoms with Gasteiger partial charge in [-0.25, -0.2) is 9.18 Å². The van der Waals surface area contributed by atoms with Gasteiger partial charge in [0.2, 0.25) is 0 Å². The number of hydrogen-bond acceptors (Lipinski definition) is 8. The molecular formula is C27H29ClFN7O6S. The van der Waals surface area contributed by atoms with Crippen LogP contribution < -0.4 is 5.73 Å². The second-order valence-corrected chi connectivity index (χ2v) is 13.1. The van der Waals surface area contributed by atoms with Gasteiger partial charge in [0.15, 0.2) is 0 Å². The van der Waals surface area contributed by atoms with E-state index in [1.54, 1.807) is 39.8 Å². The van der Waals surface area contributed by atoms with Gasteiger partial charge in [0, 0.05) is 10.5 Å². The highest BCUT2D eigenvalue weighted by Gasteiger charge is 2.46. The predicted molar refractivity (Wildman–Crippen MR) is 154 cm³/mol. The normalized spacial score (nSPS) is 16.7. The highest BCUT2D eigenvalue weighted by Crippen LogP contribution is 2.37. The van der Waals surface area contributed by atoms with E-state index in [9.17, 15) is 27.9 Å². The van der Waals surface area contributed by atoms with Crippen LogP contribution in [0.2, 0.25) is 5.02 Å². The number of primary amides is 1. The lowest BCUT2D eigenvalue weighted by Crippen LogP contribution is -2.57. The quantitative estimate of drug-likeness (QED) is 0.158. The highest BCUT2D eigenvalue weighted by molar-refractivity contribution is 7.86. The van der Waals surface area contributed by atoms with Crippen LogP contribution in [0.5, 0.6) is 0 Å². The van der Waals surface area contributed by atoms with Gasteiger partial charge in [0.05, 0.1) is 47.4 Å². The van der Waals surface area contributed by atoms with E-state index in [2.05, 4.69) is 15.1 Å². The van der Waals surface area contributed by atoms with Gasteiger partial charge in [-0.2, -0.15) is 13.5 Å². The molecule has 0 radical (unpaired) electrons. The van der Waals surface area contributed by atoms with E-state index in [0.29, 0.717) is 0 Å². The largest absolute Gasteiger partial charge is 0.444 e. The van der Waals surface area contributed by atoms with Gasteiger partial charge in [-0.15, -0.1) is 0 Å². The monoisotopic (exact) mass is 633 g/mol. The lowest BCUT2D eigenvalue weighted by Gasteiger charge is -2.42. The molecule has 4 rings (SSSR count). The molecule has 13 nitrogen and oxygen atoms in total. The highest BCUT2D eigenvalue weighted by atomic mass is 35.5. The first-order valence-electron chi connectivity index (χ1n) is 12.9. The Morgan fingerprint density at radius 1 is 1.23 bits per heavy atom. The Morgan fingerprint density at radius 2 is 1.91 bits per heavy atom. The molecule has 2 N–H and O–H groups in total. The number of carbonyl (C=O) groups is 2. The summed E-state index contributed by atoms with van der Waals surface area (Å²) in [7, 11) is -4.35. The van der Waals surface area contributed by atoms with Crippen LogP contribution in [0.1, 0.15) is 42.4 Å². The molecule has 2 amide bonds. The molecule has 43 heavy (non-hydrogen) atoms. The zero-order valence-electron chi connectivity index (χ0n) is 23.7. The molecule has 1 aromatic heterocycles. The van der Waals surface area contributed by atoms with Crippen LogP contribution in [0.3, 0.4) is 0 Å². The smallest absolute Gasteiger partial charge is 0.410 e. The number of aromatic nitrogens is 2. The molecule has 0 bridgehead atoms. The summed E-state index contributed by atoms with van der Waals surface area (Å²) in [6.45, 7) is 5.12. The number of ether oxygens (including phenoxy) is 1. The van der Waals surface area contributed by atoms with Crippen LogP contribution in [-0.4, -0.2) is 60.4 Å². The van der Waals surface area contributed by atoms with Crippen LogP contribution >= 0.6 is 11.6 Å². The summed E-state index contributed by atoms with van der Waals surface area (Å²) >= 11 is 6.00. The molecule has 16 heteroatoms. The van der Waals surface area contributed by atoms with Crippen LogP contribution in [0.15, 0.2) is 52.5 Å². The number of azide groups is 1. The van der Waals surface area contributed by atoms with E-state index in [4.69, 9.17) is 26.3 Å². The molecule has 228 valence electrons. The van der Waals surface area contributed by atoms with Crippen molar-refractivity contribution in [3.63, 3.8) is 0 Å². The van der Waals surface area contributed by atoms with Crippen LogP contribution in [0, 0.1) is 12.7 Å². The second-order valence-electron chi connectivity index (χ2n) is 11.1. The average molecular weight is 634 g/mol. The Kier molecular flexibility index (Phi) is 8.75. The fraction of sp³-hybridized carbons (Fsp3) is 0.370. The molecule has 0 fully saturated rings. The van der Waals surface area contributed by atoms with Crippen molar-refractivity contribution in [3.05, 3.63) is 80.6 Å². The maximum atomic E-state index is 14.0. The maximum absolute atomic E-state index is 14.0. The average Bonchev–Trinajstić information content (AvgIpc) is 3.32. The van der Waals surface area contributed by atoms with Gasteiger partial charge >= 0.3 is 6.09 Å². The number of benzene rings is 2. The predicted octanol–water partition coefficient (Wildman–Crippen LogP) is 4.91. The van der Waals surface area contributed by atoms with Crippen molar-refractivity contribution in [1.82, 2.24) is 14.7 Å². The lowest BCUT2D eigenvalue weighted by atomic mass is 9.96. The number of rotatable bonds is 8. The fourth-order valence-electron chi connectivity index (χ4n) is 4.60. The molecule has 1 aliphatic rings. The van der Waals surface area contributed by atoms with Gasteiger partial charge in [-0.05, 0) is 63.6 Å². The summed E-state index contributed by atoms with van der Waals surface area (Å²) in [5.74, 6) is -1.65. The minimum absolute atomic E-state index is 0.0119. The minimum Gasteiger partial charge on any atom is -0.444 e. The molecule has 2 heterocycles. The van der Waals surface area contributed by atoms with Gasteiger partial charge in [-0.1, -0.05) is 34.4 Å². The van der Waals surface area contributed by atoms with Gasteiger partial charge in [0.25, 0.3) is 16.0 Å². The number of nitrogens with zero attached hydrogens (tertiary/aromatic N) is 6. The van der Waals surface area contributed by atoms with Crippen molar-refractivity contribution < 1.29 is 31.3 Å². The number of nitrogens with two attached hydrogens (primary N) is 1. The third-order valence-electron chi connectivity index (χ3n) is 6.57. The topological polar surface area (TPSA) is 183 Å². The summed E-state index contributed by atoms with van der Waals surface area (Å²) < 4.78 is 52.7. The SMILES string of the molecule is Cc1ccc(S(=O)(=O)OCC2(CN=[N+]=[N-])CN(C(=O)OC(C)(C)C)Cc3c(C(N)=O)c(-c4ccc(F)c(Cl)c4)nn32)cc1. The number of halogens is 2. The minimum atomic E-state index is -4.35. The van der Waals surface area contributed by atoms with Crippen molar-refractivity contribution in [2.45, 2.75) is 50.3 Å². The third kappa shape index (κ3) is 6.75. The Hall–Kier alpha value is -4.17. The Morgan fingerprint density at radius 3 is 2.49 bits per heavy atom. The Bertz CT molecular complexity index is 1730. The molecule has 2 aromatic carbocycles. The van der Waals surface area contributed by atoms with Crippen molar-refractivity contribution >= 4 is 33.7 Å². The van der Waals surface area contributed by atoms with Crippen molar-refractivity contribution in [1.29, 1.82) is 0 Å². The Labute approximate surface area is 252 Å². The number of amides is 2. The van der Waals surface area contributed by atoms with Gasteiger partial charge < -0.3 is 10.5 Å². The molecule has 3 aromatic rings. The lowest BCUT2D eigenvalue weighted by molar-refractivity contribution is -0.00102. The molecule has 0 aliphatic carbocycles. The molecular weight excluding hydrogens is 605 g/mol. The van der Waals surface area contributed by atoms with Crippen molar-refractivity contribution in [3.8, 4) is 11.3 Å². The van der Waals surface area contributed by atoms with Crippen molar-refractivity contribution in [2.24, 2.45) is 10.8 Å². The van der Waals surface area contributed by atoms with E-state index in [0.717, 1.165) is 11.6 Å². The van der Waals surface area contributed by atoms with Crippen LogP contribution in [0.4, 0.5) is 9.18 Å². The van der Waals surface area contributed by atoms with E-state index in [1.165, 1.54) is 33.8 Å². The molecule has 0 spiro atoms. The van der Waals surface area contributed by atoms with E-state index < -0.39 is 52.2 Å². The molecule has 1 atom stereocenters. The number of fused-ring (bicyclic) bond motifs is 1. The van der Waals surface area contributed by atoms with Crippen LogP contribution in [-0.2, 0) is 31.1 Å². The third-order valence-corrected chi connectivity index (χ3v) is 8.14. The first-order chi connectivity index (χ1) is 20.1. The molecule has 0 saturated heterocycles. The summed E-state index contributed by atoms with van der Waals surface area (Å²) in [6, 6.07) is 9.61. The maximum Gasteiger partial charge on any atom is 0.410 e. The van der Waals surface area contributed by atoms with Crippen molar-refractivity contribution in [2.75, 3.05) is 19.7 Å². The van der Waals surface area contributed by atoms with E-state index >= 15 is 0 Å². The summed E-state index contributed by atoms with van der Waals surface area (Å²) in [5.41, 5.74) is 13.4. The summed E-state index contributed by atoms with van der Waals surface area (Å²) in [4.78, 5) is 30.1. The number of aryl methyl sites for hydroxylation is 1. The number of hydrogen-bond donors (Lipinski definition) is 1. The molecule has 0 saturated carbocycles. The zero-order valence-corrected chi connectivity index (χ0v) is 25.3. The zero-order chi connectivity index (χ0) is 31.7. The fourth-order valence-corrected chi connectivity index (χ4v) is 5.76. The van der Waals surface area contributed by atoms with E-state index in [1.807, 2.05) is 0 Å². The molecule has 1 aliphatic heterocycles.